The molecule has 0 aromatic heterocycles. The minimum atomic E-state index is -2.92. The molecule has 1 atom stereocenters. The second-order valence-electron chi connectivity index (χ2n) is 2.21. The Bertz CT molecular complexity index is 267. The van der Waals surface area contributed by atoms with Gasteiger partial charge in [0.15, 0.2) is 0 Å². The number of rotatable bonds is 3. The number of nitrogens with one attached hydrogen (secondary N) is 3. The molecule has 0 aliphatic rings. The van der Waals surface area contributed by atoms with Crippen molar-refractivity contribution in [3.63, 3.8) is 0 Å². The van der Waals surface area contributed by atoms with Crippen molar-refractivity contribution >= 4 is 18.0 Å². The fraction of sp³-hybridized carbons (Fsp3) is 0.400. The number of carbonyl (C=O) groups is 3. The molecule has 9 heteroatoms. The van der Waals surface area contributed by atoms with Gasteiger partial charge in [-0.2, -0.15) is 0 Å². The second kappa shape index (κ2) is 4.28. The molecule has 0 aromatic carbocycles. The number of aliphatic hydroxyl groups is 1. The first-order valence-electron chi connectivity index (χ1n) is 3.35. The molecule has 0 heterocycles. The van der Waals surface area contributed by atoms with Crippen molar-refractivity contribution < 1.29 is 24.6 Å². The molecule has 1 unspecified atom stereocenters. The summed E-state index contributed by atoms with van der Waals surface area (Å²) in [6, 6.07) is -2.30. The normalized spacial score (nSPS) is 13.6. The highest BCUT2D eigenvalue weighted by molar-refractivity contribution is 5.88. The van der Waals surface area contributed by atoms with E-state index in [-0.39, 0.29) is 0 Å². The zero-order valence-electron chi connectivity index (χ0n) is 7.20. The van der Waals surface area contributed by atoms with E-state index in [1.165, 1.54) is 12.4 Å². The fourth-order valence-electron chi connectivity index (χ4n) is 0.543. The molecule has 80 valence electrons. The maximum absolute atomic E-state index is 10.7. The number of hydrogen-bond acceptors (Lipinski definition) is 4. The Morgan fingerprint density at radius 1 is 1.29 bits per heavy atom. The smallest absolute Gasteiger partial charge is 0.380 e. The summed E-state index contributed by atoms with van der Waals surface area (Å²) in [6.45, 7) is 0. The third-order valence-corrected chi connectivity index (χ3v) is 1.14. The SMILES string of the molecule is CNC(=O)NC(O)(NC(N)=O)C(=O)O. The lowest BCUT2D eigenvalue weighted by Crippen LogP contribution is -2.67. The number of hydrogen-bond donors (Lipinski definition) is 6. The molecule has 0 fully saturated rings. The molecule has 0 saturated carbocycles. The molecule has 0 bridgehead atoms. The number of amides is 4. The van der Waals surface area contributed by atoms with Gasteiger partial charge in [0.05, 0.1) is 0 Å². The van der Waals surface area contributed by atoms with Gasteiger partial charge in [0, 0.05) is 7.05 Å². The van der Waals surface area contributed by atoms with Crippen LogP contribution in [0.4, 0.5) is 9.59 Å². The summed E-state index contributed by atoms with van der Waals surface area (Å²) in [4.78, 5) is 31.4. The van der Waals surface area contributed by atoms with Gasteiger partial charge in [-0.05, 0) is 0 Å². The average molecular weight is 206 g/mol. The Morgan fingerprint density at radius 2 is 1.79 bits per heavy atom. The molecule has 0 aliphatic carbocycles. The zero-order chi connectivity index (χ0) is 11.4. The molecule has 4 amide bonds. The lowest BCUT2D eigenvalue weighted by molar-refractivity contribution is -0.163. The van der Waals surface area contributed by atoms with Gasteiger partial charge in [-0.3, -0.25) is 10.6 Å². The highest BCUT2D eigenvalue weighted by Gasteiger charge is 2.39. The molecule has 0 rings (SSSR count). The Hall–Kier alpha value is -2.03. The topological polar surface area (TPSA) is 154 Å². The van der Waals surface area contributed by atoms with E-state index in [1.807, 2.05) is 5.32 Å². The van der Waals surface area contributed by atoms with Crippen LogP contribution in [-0.4, -0.2) is 41.1 Å². The van der Waals surface area contributed by atoms with Crippen LogP contribution < -0.4 is 21.7 Å². The molecule has 9 nitrogen and oxygen atoms in total. The molecular formula is C5H10N4O5. The van der Waals surface area contributed by atoms with Crippen molar-refractivity contribution in [1.82, 2.24) is 16.0 Å². The number of primary amides is 1. The summed E-state index contributed by atoms with van der Waals surface area (Å²) in [5.41, 5.74) is 4.59. The zero-order valence-corrected chi connectivity index (χ0v) is 7.20. The Labute approximate surface area is 78.3 Å². The monoisotopic (exact) mass is 206 g/mol. The van der Waals surface area contributed by atoms with E-state index in [0.29, 0.717) is 0 Å². The van der Waals surface area contributed by atoms with Gasteiger partial charge >= 0.3 is 23.9 Å². The first-order chi connectivity index (χ1) is 6.31. The summed E-state index contributed by atoms with van der Waals surface area (Å²) >= 11 is 0. The molecule has 7 N–H and O–H groups in total. The van der Waals surface area contributed by atoms with Gasteiger partial charge in [0.2, 0.25) is 0 Å². The van der Waals surface area contributed by atoms with Crippen LogP contribution in [0, 0.1) is 0 Å². The number of carbonyl (C=O) groups excluding carboxylic acids is 2. The molecule has 0 radical (unpaired) electrons. The standard InChI is InChI=1S/C5H10N4O5/c1-7-4(13)9-5(14,2(10)11)8-3(6)12/h14H,1H3,(H,10,11)(H3,6,8,12)(H2,7,9,13). The number of carboxylic acids is 1. The number of nitrogens with two attached hydrogens (primary N) is 1. The number of aliphatic carboxylic acids is 1. The van der Waals surface area contributed by atoms with Crippen molar-refractivity contribution in [3.05, 3.63) is 0 Å². The van der Waals surface area contributed by atoms with E-state index < -0.39 is 23.9 Å². The molecule has 0 aliphatic heterocycles. The van der Waals surface area contributed by atoms with E-state index in [2.05, 4.69) is 5.73 Å². The summed E-state index contributed by atoms with van der Waals surface area (Å²) in [6.07, 6.45) is 0. The van der Waals surface area contributed by atoms with Crippen molar-refractivity contribution in [2.45, 2.75) is 5.85 Å². The predicted octanol–water partition coefficient (Wildman–Crippen LogP) is -2.69. The molecule has 14 heavy (non-hydrogen) atoms. The van der Waals surface area contributed by atoms with Gasteiger partial charge in [0.1, 0.15) is 0 Å². The maximum Gasteiger partial charge on any atom is 0.380 e. The fourth-order valence-corrected chi connectivity index (χ4v) is 0.543. The molecule has 0 aromatic rings. The third kappa shape index (κ3) is 3.15. The Morgan fingerprint density at radius 3 is 2.07 bits per heavy atom. The van der Waals surface area contributed by atoms with Gasteiger partial charge in [-0.1, -0.05) is 0 Å². The predicted molar refractivity (Wildman–Crippen MR) is 42.9 cm³/mol. The lowest BCUT2D eigenvalue weighted by Gasteiger charge is -2.23. The van der Waals surface area contributed by atoms with Gasteiger partial charge in [0.25, 0.3) is 0 Å². The van der Waals surface area contributed by atoms with E-state index in [9.17, 15) is 19.5 Å². The lowest BCUT2D eigenvalue weighted by atomic mass is 10.4. The minimum Gasteiger partial charge on any atom is -0.476 e. The number of carboxylic acid groups (broad SMARTS) is 1. The largest absolute Gasteiger partial charge is 0.476 e. The second-order valence-corrected chi connectivity index (χ2v) is 2.21. The van der Waals surface area contributed by atoms with Crippen LogP contribution in [0.3, 0.4) is 0 Å². The van der Waals surface area contributed by atoms with E-state index in [0.717, 1.165) is 0 Å². The summed E-state index contributed by atoms with van der Waals surface area (Å²) in [5, 5.41) is 22.6. The van der Waals surface area contributed by atoms with E-state index >= 15 is 0 Å². The van der Waals surface area contributed by atoms with Crippen LogP contribution in [0.5, 0.6) is 0 Å². The van der Waals surface area contributed by atoms with Crippen molar-refractivity contribution in [3.8, 4) is 0 Å². The Kier molecular flexibility index (Phi) is 3.66. The first kappa shape index (κ1) is 12.0. The van der Waals surface area contributed by atoms with Gasteiger partial charge < -0.3 is 21.3 Å². The van der Waals surface area contributed by atoms with Gasteiger partial charge in [-0.15, -0.1) is 0 Å². The Balaban J connectivity index is 4.63. The van der Waals surface area contributed by atoms with Crippen LogP contribution in [0.15, 0.2) is 0 Å². The van der Waals surface area contributed by atoms with Crippen molar-refractivity contribution in [1.29, 1.82) is 0 Å². The van der Waals surface area contributed by atoms with E-state index in [1.54, 1.807) is 5.32 Å². The van der Waals surface area contributed by atoms with Crippen molar-refractivity contribution in [2.24, 2.45) is 5.73 Å². The average Bonchev–Trinajstić information content (AvgIpc) is 2.02. The maximum atomic E-state index is 10.7. The van der Waals surface area contributed by atoms with Crippen LogP contribution in [0.2, 0.25) is 0 Å². The highest BCUT2D eigenvalue weighted by atomic mass is 16.4. The molecule has 0 saturated heterocycles. The number of urea groups is 2. The molecule has 0 spiro atoms. The van der Waals surface area contributed by atoms with E-state index in [4.69, 9.17) is 5.11 Å². The van der Waals surface area contributed by atoms with Crippen molar-refractivity contribution in [2.75, 3.05) is 7.05 Å². The van der Waals surface area contributed by atoms with Crippen LogP contribution in [-0.2, 0) is 4.79 Å². The van der Waals surface area contributed by atoms with Crippen LogP contribution in [0.1, 0.15) is 0 Å². The third-order valence-electron chi connectivity index (χ3n) is 1.14. The summed E-state index contributed by atoms with van der Waals surface area (Å²) in [7, 11) is 1.20. The summed E-state index contributed by atoms with van der Waals surface area (Å²) in [5.74, 6) is -4.80. The first-order valence-corrected chi connectivity index (χ1v) is 3.35. The van der Waals surface area contributed by atoms with Gasteiger partial charge in [-0.25, -0.2) is 14.4 Å². The van der Waals surface area contributed by atoms with Crippen LogP contribution in [0.25, 0.3) is 0 Å². The highest BCUT2D eigenvalue weighted by Crippen LogP contribution is 1.94. The molecular weight excluding hydrogens is 196 g/mol. The summed E-state index contributed by atoms with van der Waals surface area (Å²) < 4.78 is 0. The minimum absolute atomic E-state index is 0.997. The quantitative estimate of drug-likeness (QED) is 0.277. The van der Waals surface area contributed by atoms with Crippen LogP contribution >= 0.6 is 0 Å².